The van der Waals surface area contributed by atoms with E-state index in [0.717, 1.165) is 11.6 Å². The van der Waals surface area contributed by atoms with Gasteiger partial charge in [0.1, 0.15) is 17.2 Å². The van der Waals surface area contributed by atoms with E-state index in [1.165, 1.54) is 12.1 Å². The lowest BCUT2D eigenvalue weighted by Crippen LogP contribution is -2.33. The lowest BCUT2D eigenvalue weighted by atomic mass is 9.89. The number of carbonyl (C=O) groups is 2. The zero-order valence-electron chi connectivity index (χ0n) is 15.4. The molecular weight excluding hydrogens is 352 g/mol. The molecule has 0 bridgehead atoms. The van der Waals surface area contributed by atoms with Crippen LogP contribution in [0.5, 0.6) is 0 Å². The van der Waals surface area contributed by atoms with E-state index in [4.69, 9.17) is 4.74 Å². The maximum Gasteiger partial charge on any atom is 0.307 e. The van der Waals surface area contributed by atoms with Crippen molar-refractivity contribution in [3.63, 3.8) is 0 Å². The van der Waals surface area contributed by atoms with Crippen LogP contribution in [0.4, 0.5) is 14.5 Å². The lowest BCUT2D eigenvalue weighted by Gasteiger charge is -2.26. The van der Waals surface area contributed by atoms with Gasteiger partial charge in [0.2, 0.25) is 5.91 Å². The first-order chi connectivity index (χ1) is 12.6. The molecule has 0 saturated carbocycles. The number of rotatable bonds is 3. The van der Waals surface area contributed by atoms with Crippen molar-refractivity contribution in [3.05, 3.63) is 53.6 Å². The fraction of sp³-hybridized carbons (Fsp3) is 0.333. The first-order valence-electron chi connectivity index (χ1n) is 8.73. The van der Waals surface area contributed by atoms with Crippen LogP contribution in [0.25, 0.3) is 11.1 Å². The van der Waals surface area contributed by atoms with E-state index in [-0.39, 0.29) is 17.9 Å². The zero-order valence-corrected chi connectivity index (χ0v) is 15.4. The summed E-state index contributed by atoms with van der Waals surface area (Å²) in [4.78, 5) is 24.3. The highest BCUT2D eigenvalue weighted by molar-refractivity contribution is 5.98. The van der Waals surface area contributed by atoms with Gasteiger partial charge in [-0.25, -0.2) is 8.78 Å². The number of ether oxygens (including phenoxy) is 1. The standard InChI is InChI=1S/C21H21F2NO3/c1-21(2,3)27-19(25)10-14-9-13-8-12(4-7-18(13)24-20(14)26)16-6-5-15(22)11-17(16)23/h4-8,11,14H,9-10H2,1-3H3,(H,24,26). The number of amides is 1. The molecule has 1 heterocycles. The van der Waals surface area contributed by atoms with Crippen LogP contribution in [-0.2, 0) is 20.7 Å². The van der Waals surface area contributed by atoms with Crippen molar-refractivity contribution in [3.8, 4) is 11.1 Å². The Balaban J connectivity index is 1.83. The van der Waals surface area contributed by atoms with Crippen molar-refractivity contribution in [2.75, 3.05) is 5.32 Å². The van der Waals surface area contributed by atoms with Crippen molar-refractivity contribution in [2.45, 2.75) is 39.2 Å². The minimum atomic E-state index is -0.653. The quantitative estimate of drug-likeness (QED) is 0.808. The number of halogens is 2. The number of hydrogen-bond donors (Lipinski definition) is 1. The normalized spacial score (nSPS) is 16.5. The predicted octanol–water partition coefficient (Wildman–Crippen LogP) is 4.47. The monoisotopic (exact) mass is 373 g/mol. The molecule has 1 N–H and O–H groups in total. The van der Waals surface area contributed by atoms with Crippen LogP contribution in [0, 0.1) is 17.6 Å². The summed E-state index contributed by atoms with van der Waals surface area (Å²) in [5.41, 5.74) is 1.67. The molecular formula is C21H21F2NO3. The first-order valence-corrected chi connectivity index (χ1v) is 8.73. The molecule has 2 aromatic rings. The van der Waals surface area contributed by atoms with Crippen LogP contribution in [0.1, 0.15) is 32.8 Å². The summed E-state index contributed by atoms with van der Waals surface area (Å²) in [6.07, 6.45) is 0.314. The molecule has 0 fully saturated rings. The third kappa shape index (κ3) is 4.51. The molecule has 27 heavy (non-hydrogen) atoms. The highest BCUT2D eigenvalue weighted by atomic mass is 19.1. The number of anilines is 1. The molecule has 0 aliphatic carbocycles. The summed E-state index contributed by atoms with van der Waals surface area (Å²) in [5.74, 6) is -2.53. The van der Waals surface area contributed by atoms with Crippen LogP contribution in [0.3, 0.4) is 0 Å². The summed E-state index contributed by atoms with van der Waals surface area (Å²) >= 11 is 0. The van der Waals surface area contributed by atoms with Crippen molar-refractivity contribution in [2.24, 2.45) is 5.92 Å². The van der Waals surface area contributed by atoms with Gasteiger partial charge in [-0.05, 0) is 62.6 Å². The molecule has 0 aromatic heterocycles. The van der Waals surface area contributed by atoms with Gasteiger partial charge in [-0.3, -0.25) is 9.59 Å². The molecule has 142 valence electrons. The Kier molecular flexibility index (Phi) is 5.00. The summed E-state index contributed by atoms with van der Waals surface area (Å²) in [6.45, 7) is 5.31. The third-order valence-electron chi connectivity index (χ3n) is 4.28. The Hall–Kier alpha value is -2.76. The second kappa shape index (κ2) is 7.10. The molecule has 0 spiro atoms. The van der Waals surface area contributed by atoms with Crippen LogP contribution < -0.4 is 5.32 Å². The van der Waals surface area contributed by atoms with Gasteiger partial charge in [-0.2, -0.15) is 0 Å². The van der Waals surface area contributed by atoms with Crippen molar-refractivity contribution in [1.29, 1.82) is 0 Å². The molecule has 1 aliphatic heterocycles. The van der Waals surface area contributed by atoms with Crippen LogP contribution in [0.2, 0.25) is 0 Å². The summed E-state index contributed by atoms with van der Waals surface area (Å²) in [6, 6.07) is 8.53. The largest absolute Gasteiger partial charge is 0.460 e. The molecule has 0 radical (unpaired) electrons. The Morgan fingerprint density at radius 1 is 1.19 bits per heavy atom. The zero-order chi connectivity index (χ0) is 19.8. The maximum atomic E-state index is 14.1. The van der Waals surface area contributed by atoms with E-state index in [2.05, 4.69) is 5.32 Å². The van der Waals surface area contributed by atoms with Crippen molar-refractivity contribution in [1.82, 2.24) is 0 Å². The molecule has 1 aliphatic rings. The van der Waals surface area contributed by atoms with Crippen molar-refractivity contribution >= 4 is 17.6 Å². The smallest absolute Gasteiger partial charge is 0.307 e. The molecule has 3 rings (SSSR count). The summed E-state index contributed by atoms with van der Waals surface area (Å²) in [5, 5.41) is 2.78. The average molecular weight is 373 g/mol. The first kappa shape index (κ1) is 19.0. The molecule has 2 aromatic carbocycles. The van der Waals surface area contributed by atoms with E-state index in [0.29, 0.717) is 17.7 Å². The Morgan fingerprint density at radius 3 is 2.59 bits per heavy atom. The van der Waals surface area contributed by atoms with Gasteiger partial charge in [0.25, 0.3) is 0 Å². The second-order valence-electron chi connectivity index (χ2n) is 7.68. The van der Waals surface area contributed by atoms with Gasteiger partial charge in [0.15, 0.2) is 0 Å². The van der Waals surface area contributed by atoms with Crippen LogP contribution in [-0.4, -0.2) is 17.5 Å². The molecule has 1 atom stereocenters. The lowest BCUT2D eigenvalue weighted by molar-refractivity contribution is -0.157. The number of benzene rings is 2. The molecule has 0 saturated heterocycles. The van der Waals surface area contributed by atoms with Gasteiger partial charge >= 0.3 is 5.97 Å². The van der Waals surface area contributed by atoms with Gasteiger partial charge in [-0.1, -0.05) is 6.07 Å². The van der Waals surface area contributed by atoms with Crippen LogP contribution in [0.15, 0.2) is 36.4 Å². The average Bonchev–Trinajstić information content (AvgIpc) is 2.53. The van der Waals surface area contributed by atoms with Crippen LogP contribution >= 0.6 is 0 Å². The summed E-state index contributed by atoms with van der Waals surface area (Å²) < 4.78 is 32.5. The topological polar surface area (TPSA) is 55.4 Å². The molecule has 1 unspecified atom stereocenters. The number of fused-ring (bicyclic) bond motifs is 1. The maximum absolute atomic E-state index is 14.1. The van der Waals surface area contributed by atoms with Gasteiger partial charge in [0, 0.05) is 17.3 Å². The fourth-order valence-electron chi connectivity index (χ4n) is 3.12. The number of nitrogens with one attached hydrogen (secondary N) is 1. The highest BCUT2D eigenvalue weighted by Crippen LogP contribution is 2.33. The van der Waals surface area contributed by atoms with Gasteiger partial charge in [-0.15, -0.1) is 0 Å². The summed E-state index contributed by atoms with van der Waals surface area (Å²) in [7, 11) is 0. The molecule has 4 nitrogen and oxygen atoms in total. The third-order valence-corrected chi connectivity index (χ3v) is 4.28. The van der Waals surface area contributed by atoms with E-state index in [1.807, 2.05) is 0 Å². The minimum Gasteiger partial charge on any atom is -0.460 e. The number of carbonyl (C=O) groups excluding carboxylic acids is 2. The SMILES string of the molecule is CC(C)(C)OC(=O)CC1Cc2cc(-c3ccc(F)cc3F)ccc2NC1=O. The minimum absolute atomic E-state index is 0.0301. The second-order valence-corrected chi connectivity index (χ2v) is 7.68. The van der Waals surface area contributed by atoms with E-state index < -0.39 is 29.1 Å². The van der Waals surface area contributed by atoms with E-state index in [1.54, 1.807) is 39.0 Å². The van der Waals surface area contributed by atoms with E-state index in [9.17, 15) is 18.4 Å². The Labute approximate surface area is 156 Å². The molecule has 6 heteroatoms. The van der Waals surface area contributed by atoms with Crippen molar-refractivity contribution < 1.29 is 23.1 Å². The Bertz CT molecular complexity index is 903. The number of esters is 1. The molecule has 1 amide bonds. The highest BCUT2D eigenvalue weighted by Gasteiger charge is 2.30. The van der Waals surface area contributed by atoms with Gasteiger partial charge < -0.3 is 10.1 Å². The number of hydrogen-bond acceptors (Lipinski definition) is 3. The fourth-order valence-corrected chi connectivity index (χ4v) is 3.12. The van der Waals surface area contributed by atoms with E-state index >= 15 is 0 Å². The Morgan fingerprint density at radius 2 is 1.93 bits per heavy atom. The predicted molar refractivity (Wildman–Crippen MR) is 98.1 cm³/mol. The van der Waals surface area contributed by atoms with Gasteiger partial charge in [0.05, 0.1) is 12.3 Å².